The summed E-state index contributed by atoms with van der Waals surface area (Å²) in [6, 6.07) is 12.0. The van der Waals surface area contributed by atoms with Gasteiger partial charge in [-0.1, -0.05) is 6.07 Å². The predicted octanol–water partition coefficient (Wildman–Crippen LogP) is 3.67. The van der Waals surface area contributed by atoms with E-state index in [0.717, 1.165) is 11.1 Å². The van der Waals surface area contributed by atoms with E-state index < -0.39 is 5.97 Å². The van der Waals surface area contributed by atoms with Crippen LogP contribution in [0.4, 0.5) is 0 Å². The Morgan fingerprint density at radius 3 is 2.55 bits per heavy atom. The third-order valence-electron chi connectivity index (χ3n) is 2.91. The van der Waals surface area contributed by atoms with Crippen LogP contribution in [0.2, 0.25) is 0 Å². The molecule has 0 heterocycles. The van der Waals surface area contributed by atoms with E-state index in [9.17, 15) is 4.79 Å². The van der Waals surface area contributed by atoms with Gasteiger partial charge in [-0.25, -0.2) is 4.79 Å². The quantitative estimate of drug-likeness (QED) is 0.921. The molecule has 0 fully saturated rings. The van der Waals surface area contributed by atoms with Crippen molar-refractivity contribution in [2.24, 2.45) is 0 Å². The van der Waals surface area contributed by atoms with E-state index in [1.54, 1.807) is 37.3 Å². The molecular formula is C16H13NO3. The Bertz CT molecular complexity index is 714. The first-order chi connectivity index (χ1) is 9.51. The van der Waals surface area contributed by atoms with E-state index in [0.29, 0.717) is 17.1 Å². The van der Waals surface area contributed by atoms with Gasteiger partial charge >= 0.3 is 5.97 Å². The molecule has 2 rings (SSSR count). The largest absolute Gasteiger partial charge is 0.478 e. The van der Waals surface area contributed by atoms with Crippen molar-refractivity contribution < 1.29 is 14.6 Å². The maximum absolute atomic E-state index is 11.2. The van der Waals surface area contributed by atoms with E-state index in [-0.39, 0.29) is 5.56 Å². The van der Waals surface area contributed by atoms with Crippen molar-refractivity contribution in [1.29, 1.82) is 5.26 Å². The molecule has 0 unspecified atom stereocenters. The Morgan fingerprint density at radius 2 is 1.95 bits per heavy atom. The molecule has 0 atom stereocenters. The van der Waals surface area contributed by atoms with Crippen LogP contribution in [-0.2, 0) is 0 Å². The topological polar surface area (TPSA) is 70.3 Å². The number of aromatic carboxylic acids is 1. The Labute approximate surface area is 116 Å². The Morgan fingerprint density at radius 1 is 1.20 bits per heavy atom. The first-order valence-corrected chi connectivity index (χ1v) is 6.04. The van der Waals surface area contributed by atoms with Crippen LogP contribution in [0, 0.1) is 25.2 Å². The number of ether oxygens (including phenoxy) is 1. The second-order valence-corrected chi connectivity index (χ2v) is 4.50. The third-order valence-corrected chi connectivity index (χ3v) is 2.91. The maximum atomic E-state index is 11.2. The Balaban J connectivity index is 2.39. The molecule has 0 amide bonds. The van der Waals surface area contributed by atoms with Crippen molar-refractivity contribution in [3.8, 4) is 17.6 Å². The van der Waals surface area contributed by atoms with E-state index in [4.69, 9.17) is 15.1 Å². The molecule has 4 nitrogen and oxygen atoms in total. The lowest BCUT2D eigenvalue weighted by Gasteiger charge is -2.10. The standard InChI is InChI=1S/C16H13NO3/c1-10-3-6-14(16(18)19)15(7-10)20-13-5-4-12(9-17)11(2)8-13/h3-8H,1-2H3,(H,18,19). The second kappa shape index (κ2) is 5.45. The van der Waals surface area contributed by atoms with Crippen molar-refractivity contribution in [3.05, 3.63) is 58.7 Å². The van der Waals surface area contributed by atoms with Crippen molar-refractivity contribution in [2.75, 3.05) is 0 Å². The number of nitrogens with zero attached hydrogens (tertiary/aromatic N) is 1. The third kappa shape index (κ3) is 2.78. The number of nitriles is 1. The van der Waals surface area contributed by atoms with Crippen LogP contribution < -0.4 is 4.74 Å². The molecule has 0 aromatic heterocycles. The number of hydrogen-bond acceptors (Lipinski definition) is 3. The highest BCUT2D eigenvalue weighted by Crippen LogP contribution is 2.28. The van der Waals surface area contributed by atoms with Crippen LogP contribution >= 0.6 is 0 Å². The first kappa shape index (κ1) is 13.6. The van der Waals surface area contributed by atoms with E-state index in [1.807, 2.05) is 6.92 Å². The van der Waals surface area contributed by atoms with Gasteiger partial charge < -0.3 is 9.84 Å². The van der Waals surface area contributed by atoms with Crippen LogP contribution in [0.15, 0.2) is 36.4 Å². The summed E-state index contributed by atoms with van der Waals surface area (Å²) in [5, 5.41) is 18.0. The number of benzene rings is 2. The number of aryl methyl sites for hydroxylation is 2. The average Bonchev–Trinajstić information content (AvgIpc) is 2.38. The monoisotopic (exact) mass is 267 g/mol. The summed E-state index contributed by atoms with van der Waals surface area (Å²) in [5.41, 5.74) is 2.38. The van der Waals surface area contributed by atoms with Crippen LogP contribution in [0.25, 0.3) is 0 Å². The summed E-state index contributed by atoms with van der Waals surface area (Å²) in [4.78, 5) is 11.2. The van der Waals surface area contributed by atoms with Gasteiger partial charge in [0.05, 0.1) is 11.6 Å². The molecule has 20 heavy (non-hydrogen) atoms. The molecule has 0 saturated carbocycles. The summed E-state index contributed by atoms with van der Waals surface area (Å²) < 4.78 is 5.64. The molecule has 0 aliphatic carbocycles. The SMILES string of the molecule is Cc1ccc(C(=O)O)c(Oc2ccc(C#N)c(C)c2)c1. The molecule has 0 saturated heterocycles. The minimum absolute atomic E-state index is 0.109. The van der Waals surface area contributed by atoms with Crippen LogP contribution in [-0.4, -0.2) is 11.1 Å². The Hall–Kier alpha value is -2.80. The molecule has 0 aliphatic heterocycles. The van der Waals surface area contributed by atoms with Gasteiger partial charge in [-0.2, -0.15) is 5.26 Å². The zero-order chi connectivity index (χ0) is 14.7. The van der Waals surface area contributed by atoms with Gasteiger partial charge in [-0.3, -0.25) is 0 Å². The fourth-order valence-corrected chi connectivity index (χ4v) is 1.84. The highest BCUT2D eigenvalue weighted by atomic mass is 16.5. The zero-order valence-electron chi connectivity index (χ0n) is 11.2. The molecule has 0 radical (unpaired) electrons. The minimum Gasteiger partial charge on any atom is -0.478 e. The molecule has 0 bridgehead atoms. The smallest absolute Gasteiger partial charge is 0.339 e. The molecule has 2 aromatic carbocycles. The molecule has 2 aromatic rings. The van der Waals surface area contributed by atoms with Gasteiger partial charge in [0.1, 0.15) is 17.1 Å². The summed E-state index contributed by atoms with van der Waals surface area (Å²) in [6.07, 6.45) is 0. The van der Waals surface area contributed by atoms with Crippen LogP contribution in [0.5, 0.6) is 11.5 Å². The summed E-state index contributed by atoms with van der Waals surface area (Å²) in [6.45, 7) is 3.67. The lowest BCUT2D eigenvalue weighted by atomic mass is 10.1. The number of hydrogen-bond donors (Lipinski definition) is 1. The first-order valence-electron chi connectivity index (χ1n) is 6.04. The van der Waals surface area contributed by atoms with Crippen molar-refractivity contribution in [2.45, 2.75) is 13.8 Å². The lowest BCUT2D eigenvalue weighted by molar-refractivity contribution is 0.0694. The van der Waals surface area contributed by atoms with Crippen molar-refractivity contribution in [3.63, 3.8) is 0 Å². The summed E-state index contributed by atoms with van der Waals surface area (Å²) in [5.74, 6) is -0.235. The normalized spacial score (nSPS) is 9.85. The molecule has 0 spiro atoms. The minimum atomic E-state index is -1.04. The van der Waals surface area contributed by atoms with Gasteiger partial charge in [0.15, 0.2) is 0 Å². The molecule has 0 aliphatic rings. The summed E-state index contributed by atoms with van der Waals surface area (Å²) in [7, 11) is 0. The van der Waals surface area contributed by atoms with Crippen molar-refractivity contribution in [1.82, 2.24) is 0 Å². The molecule has 100 valence electrons. The average molecular weight is 267 g/mol. The van der Waals surface area contributed by atoms with Crippen LogP contribution in [0.1, 0.15) is 27.0 Å². The van der Waals surface area contributed by atoms with Gasteiger partial charge in [-0.15, -0.1) is 0 Å². The van der Waals surface area contributed by atoms with Gasteiger partial charge in [-0.05, 0) is 55.3 Å². The Kier molecular flexibility index (Phi) is 3.72. The van der Waals surface area contributed by atoms with Gasteiger partial charge in [0, 0.05) is 0 Å². The zero-order valence-corrected chi connectivity index (χ0v) is 11.2. The number of carboxylic acid groups (broad SMARTS) is 1. The lowest BCUT2D eigenvalue weighted by Crippen LogP contribution is -2.00. The summed E-state index contributed by atoms with van der Waals surface area (Å²) >= 11 is 0. The maximum Gasteiger partial charge on any atom is 0.339 e. The predicted molar refractivity (Wildman–Crippen MR) is 74.1 cm³/mol. The van der Waals surface area contributed by atoms with E-state index in [2.05, 4.69) is 6.07 Å². The highest BCUT2D eigenvalue weighted by Gasteiger charge is 2.12. The molecule has 4 heteroatoms. The van der Waals surface area contributed by atoms with Gasteiger partial charge in [0.2, 0.25) is 0 Å². The van der Waals surface area contributed by atoms with Gasteiger partial charge in [0.25, 0.3) is 0 Å². The number of carbonyl (C=O) groups is 1. The van der Waals surface area contributed by atoms with E-state index >= 15 is 0 Å². The highest BCUT2D eigenvalue weighted by molar-refractivity contribution is 5.91. The van der Waals surface area contributed by atoms with E-state index in [1.165, 1.54) is 6.07 Å². The fourth-order valence-electron chi connectivity index (χ4n) is 1.84. The van der Waals surface area contributed by atoms with Crippen LogP contribution in [0.3, 0.4) is 0 Å². The fraction of sp³-hybridized carbons (Fsp3) is 0.125. The second-order valence-electron chi connectivity index (χ2n) is 4.50. The molecule has 1 N–H and O–H groups in total. The molecular weight excluding hydrogens is 254 g/mol. The number of carboxylic acids is 1. The number of rotatable bonds is 3. The van der Waals surface area contributed by atoms with Crippen molar-refractivity contribution >= 4 is 5.97 Å².